The van der Waals surface area contributed by atoms with Crippen molar-refractivity contribution in [2.45, 2.75) is 25.3 Å². The van der Waals surface area contributed by atoms with E-state index in [1.807, 2.05) is 0 Å². The molecule has 0 aromatic heterocycles. The van der Waals surface area contributed by atoms with E-state index in [9.17, 15) is 9.59 Å². The number of carbonyl (C=O) groups excluding carboxylic acids is 2. The van der Waals surface area contributed by atoms with E-state index in [-0.39, 0.29) is 18.4 Å². The van der Waals surface area contributed by atoms with Crippen molar-refractivity contribution in [2.24, 2.45) is 0 Å². The average molecular weight is 314 g/mol. The summed E-state index contributed by atoms with van der Waals surface area (Å²) in [5.74, 6) is -0.600. The molecule has 0 spiro atoms. The second-order valence-corrected chi connectivity index (χ2v) is 6.40. The predicted molar refractivity (Wildman–Crippen MR) is 70.9 cm³/mol. The number of benzene rings is 1. The number of morpholine rings is 1. The van der Waals surface area contributed by atoms with Gasteiger partial charge in [0.1, 0.15) is 6.54 Å². The molecule has 4 nitrogen and oxygen atoms in total. The fraction of sp³-hybridized carbons (Fsp3) is 0.385. The Hall–Kier alpha value is -1.32. The Morgan fingerprint density at radius 2 is 2.00 bits per heavy atom. The molecule has 1 heterocycles. The Balaban J connectivity index is 0.000000180. The van der Waals surface area contributed by atoms with Gasteiger partial charge in [-0.1, -0.05) is 0 Å². The van der Waals surface area contributed by atoms with E-state index in [0.29, 0.717) is 15.0 Å². The van der Waals surface area contributed by atoms with Gasteiger partial charge in [-0.2, -0.15) is 0 Å². The maximum absolute atomic E-state index is 10.6. The molecule has 1 aliphatic rings. The first-order valence-electron chi connectivity index (χ1n) is 5.78. The molecule has 0 bridgehead atoms. The molecule has 1 aliphatic heterocycles. The fourth-order valence-electron chi connectivity index (χ4n) is 1.28. The van der Waals surface area contributed by atoms with Crippen LogP contribution in [-0.2, 0) is 14.3 Å². The van der Waals surface area contributed by atoms with Crippen molar-refractivity contribution in [3.05, 3.63) is 30.3 Å². The minimum atomic E-state index is -0.619. The van der Waals surface area contributed by atoms with Gasteiger partial charge in [-0.3, -0.25) is 9.59 Å². The van der Waals surface area contributed by atoms with Gasteiger partial charge in [-0.25, -0.2) is 0 Å². The number of rotatable bonds is 2. The van der Waals surface area contributed by atoms with Crippen molar-refractivity contribution in [2.75, 3.05) is 6.54 Å². The van der Waals surface area contributed by atoms with Crippen LogP contribution in [0.1, 0.15) is 13.8 Å². The topological polar surface area (TPSA) is 55.4 Å². The number of amides is 1. The zero-order chi connectivity index (χ0) is 13.4. The summed E-state index contributed by atoms with van der Waals surface area (Å²) in [5, 5.41) is 3.67. The number of cyclic esters (lactones) is 1. The van der Waals surface area contributed by atoms with Crippen LogP contribution in [-0.4, -0.2) is 39.5 Å². The summed E-state index contributed by atoms with van der Waals surface area (Å²) in [6.45, 7) is 3.77. The summed E-state index contributed by atoms with van der Waals surface area (Å²) in [6, 6.07) is 10.7. The minimum absolute atomic E-state index is 0.00315. The van der Waals surface area contributed by atoms with Gasteiger partial charge in [0, 0.05) is 0 Å². The van der Waals surface area contributed by atoms with Crippen LogP contribution in [0.15, 0.2) is 30.3 Å². The number of hydrogen-bond acceptors (Lipinski definition) is 3. The molecule has 1 amide bonds. The van der Waals surface area contributed by atoms with E-state index in [1.165, 1.54) is 16.7 Å². The molecule has 98 valence electrons. The van der Waals surface area contributed by atoms with Crippen molar-refractivity contribution in [3.63, 3.8) is 0 Å². The monoisotopic (exact) mass is 315 g/mol. The predicted octanol–water partition coefficient (Wildman–Crippen LogP) is 0.502. The number of carbonyl (C=O) groups is 2. The van der Waals surface area contributed by atoms with E-state index in [0.717, 1.165) is 0 Å². The van der Waals surface area contributed by atoms with Crippen LogP contribution in [0, 0.1) is 0 Å². The summed E-state index contributed by atoms with van der Waals surface area (Å²) in [5.41, 5.74) is 0. The first-order chi connectivity index (χ1) is 8.63. The summed E-state index contributed by atoms with van der Waals surface area (Å²) in [4.78, 5) is 20.9. The summed E-state index contributed by atoms with van der Waals surface area (Å²) >= 11 is 0.710. The number of hydrogen-bond donors (Lipinski definition) is 1. The summed E-state index contributed by atoms with van der Waals surface area (Å²) in [7, 11) is 0. The van der Waals surface area contributed by atoms with E-state index < -0.39 is 6.10 Å². The van der Waals surface area contributed by atoms with Crippen molar-refractivity contribution < 1.29 is 14.3 Å². The Bertz CT molecular complexity index is 394. The third-order valence-electron chi connectivity index (χ3n) is 2.14. The fourth-order valence-corrected chi connectivity index (χ4v) is 2.71. The van der Waals surface area contributed by atoms with Gasteiger partial charge >= 0.3 is 68.0 Å². The molecule has 0 saturated carbocycles. The Kier molecular flexibility index (Phi) is 6.47. The zero-order valence-corrected chi connectivity index (χ0v) is 12.2. The molecule has 1 aromatic rings. The second kappa shape index (κ2) is 7.90. The van der Waals surface area contributed by atoms with Crippen LogP contribution < -0.4 is 9.78 Å². The number of nitrogens with one attached hydrogen (secondary N) is 1. The Morgan fingerprint density at radius 1 is 1.33 bits per heavy atom. The standard InChI is InChI=1S/C8H10Se.C5H7NO3/c1-2-9-8-6-4-3-5-7-8;1-3-5(8)6-2-4(7)9-3/h3-7H,2H2,1H3;3H,2H2,1H3,(H,6,8). The van der Waals surface area contributed by atoms with Gasteiger partial charge in [0.2, 0.25) is 0 Å². The molecular weight excluding hydrogens is 297 g/mol. The molecule has 1 aromatic carbocycles. The number of esters is 1. The van der Waals surface area contributed by atoms with Crippen molar-refractivity contribution in [3.8, 4) is 0 Å². The zero-order valence-electron chi connectivity index (χ0n) is 10.5. The average Bonchev–Trinajstić information content (AvgIpc) is 2.37. The SMILES string of the molecule is CC1OC(=O)CNC1=O.CC[Se]c1ccccc1. The van der Waals surface area contributed by atoms with Crippen LogP contribution in [0.25, 0.3) is 0 Å². The first kappa shape index (κ1) is 14.7. The molecule has 1 fully saturated rings. The van der Waals surface area contributed by atoms with Crippen LogP contribution in [0.4, 0.5) is 0 Å². The van der Waals surface area contributed by atoms with E-state index in [4.69, 9.17) is 0 Å². The van der Waals surface area contributed by atoms with Gasteiger partial charge in [0.15, 0.2) is 6.10 Å². The van der Waals surface area contributed by atoms with Crippen molar-refractivity contribution in [1.82, 2.24) is 5.32 Å². The van der Waals surface area contributed by atoms with Gasteiger partial charge in [0.05, 0.1) is 0 Å². The van der Waals surface area contributed by atoms with Crippen LogP contribution in [0.3, 0.4) is 0 Å². The second-order valence-electron chi connectivity index (χ2n) is 3.60. The maximum atomic E-state index is 10.6. The van der Waals surface area contributed by atoms with E-state index in [2.05, 4.69) is 47.3 Å². The van der Waals surface area contributed by atoms with Gasteiger partial charge in [-0.05, 0) is 6.92 Å². The Labute approximate surface area is 113 Å². The quantitative estimate of drug-likeness (QED) is 0.639. The van der Waals surface area contributed by atoms with Crippen LogP contribution >= 0.6 is 0 Å². The molecule has 1 atom stereocenters. The van der Waals surface area contributed by atoms with E-state index in [1.54, 1.807) is 0 Å². The normalized spacial score (nSPS) is 18.2. The van der Waals surface area contributed by atoms with E-state index >= 15 is 0 Å². The molecule has 2 rings (SSSR count). The summed E-state index contributed by atoms with van der Waals surface area (Å²) < 4.78 is 6.05. The molecule has 1 N–H and O–H groups in total. The molecule has 1 saturated heterocycles. The third kappa shape index (κ3) is 5.34. The molecular formula is C13H17NO3Se. The van der Waals surface area contributed by atoms with Crippen molar-refractivity contribution in [1.29, 1.82) is 0 Å². The molecule has 1 unspecified atom stereocenters. The molecule has 18 heavy (non-hydrogen) atoms. The van der Waals surface area contributed by atoms with Crippen LogP contribution in [0.5, 0.6) is 0 Å². The van der Waals surface area contributed by atoms with Gasteiger partial charge in [0.25, 0.3) is 5.91 Å². The molecule has 0 aliphatic carbocycles. The third-order valence-corrected chi connectivity index (χ3v) is 4.01. The van der Waals surface area contributed by atoms with Crippen LogP contribution in [0.2, 0.25) is 5.32 Å². The Morgan fingerprint density at radius 3 is 2.50 bits per heavy atom. The van der Waals surface area contributed by atoms with Crippen molar-refractivity contribution >= 4 is 31.3 Å². The van der Waals surface area contributed by atoms with Gasteiger partial charge in [-0.15, -0.1) is 0 Å². The van der Waals surface area contributed by atoms with Gasteiger partial charge < -0.3 is 10.1 Å². The first-order valence-corrected chi connectivity index (χ1v) is 7.85. The molecule has 0 radical (unpaired) electrons. The number of ether oxygens (including phenoxy) is 1. The summed E-state index contributed by atoms with van der Waals surface area (Å²) in [6.07, 6.45) is -0.619. The molecule has 5 heteroatoms.